The number of rotatable bonds is 9. The first kappa shape index (κ1) is 23.7. The van der Waals surface area contributed by atoms with Gasteiger partial charge in [0, 0.05) is 25.0 Å². The first-order valence-corrected chi connectivity index (χ1v) is 10.4. The molecule has 0 amide bonds. The van der Waals surface area contributed by atoms with Gasteiger partial charge in [0.15, 0.2) is 17.5 Å². The summed E-state index contributed by atoms with van der Waals surface area (Å²) in [5.41, 5.74) is 2.38. The fraction of sp³-hybridized carbons (Fsp3) is 0.304. The highest BCUT2D eigenvalue weighted by atomic mass is 127. The van der Waals surface area contributed by atoms with Crippen LogP contribution in [-0.4, -0.2) is 42.2 Å². The maximum Gasteiger partial charge on any atom is 0.231 e. The van der Waals surface area contributed by atoms with Crippen molar-refractivity contribution in [3.8, 4) is 17.2 Å². The lowest BCUT2D eigenvalue weighted by Gasteiger charge is -2.13. The summed E-state index contributed by atoms with van der Waals surface area (Å²) in [7, 11) is 0. The largest absolute Gasteiger partial charge is 0.492 e. The maximum atomic E-state index is 5.81. The van der Waals surface area contributed by atoms with Gasteiger partial charge in [0.05, 0.1) is 19.6 Å². The van der Waals surface area contributed by atoms with Crippen LogP contribution in [0.1, 0.15) is 18.1 Å². The summed E-state index contributed by atoms with van der Waals surface area (Å²) in [6, 6.07) is 15.8. The summed E-state index contributed by atoms with van der Waals surface area (Å²) in [5.74, 6) is 2.97. The second-order valence-electron chi connectivity index (χ2n) is 6.96. The molecule has 0 atom stereocenters. The Kier molecular flexibility index (Phi) is 9.02. The summed E-state index contributed by atoms with van der Waals surface area (Å²) in [4.78, 5) is 4.74. The molecule has 170 valence electrons. The van der Waals surface area contributed by atoms with Gasteiger partial charge in [-0.05, 0) is 36.2 Å². The monoisotopic (exact) mass is 549 g/mol. The molecule has 1 aromatic heterocycles. The molecule has 32 heavy (non-hydrogen) atoms. The number of ether oxygens (including phenoxy) is 3. The highest BCUT2D eigenvalue weighted by molar-refractivity contribution is 14.0. The molecular formula is C23H28IN5O3. The van der Waals surface area contributed by atoms with Crippen LogP contribution in [0.15, 0.2) is 65.9 Å². The van der Waals surface area contributed by atoms with Gasteiger partial charge in [-0.25, -0.2) is 4.99 Å². The Morgan fingerprint density at radius 1 is 1.09 bits per heavy atom. The molecule has 0 unspecified atom stereocenters. The van der Waals surface area contributed by atoms with Crippen LogP contribution in [0.3, 0.4) is 0 Å². The number of aromatic nitrogens is 2. The predicted molar refractivity (Wildman–Crippen MR) is 134 cm³/mol. The van der Waals surface area contributed by atoms with Crippen molar-refractivity contribution in [3.63, 3.8) is 0 Å². The van der Waals surface area contributed by atoms with E-state index in [1.807, 2.05) is 54.2 Å². The smallest absolute Gasteiger partial charge is 0.231 e. The third kappa shape index (κ3) is 6.52. The highest BCUT2D eigenvalue weighted by Crippen LogP contribution is 2.34. The van der Waals surface area contributed by atoms with E-state index in [4.69, 9.17) is 19.2 Å². The van der Waals surface area contributed by atoms with Crippen molar-refractivity contribution in [1.29, 1.82) is 0 Å². The van der Waals surface area contributed by atoms with Crippen molar-refractivity contribution in [3.05, 3.63) is 72.1 Å². The van der Waals surface area contributed by atoms with Gasteiger partial charge in [0.2, 0.25) is 6.79 Å². The summed E-state index contributed by atoms with van der Waals surface area (Å²) >= 11 is 0. The Hall–Kier alpha value is -2.95. The molecule has 1 aliphatic rings. The topological polar surface area (TPSA) is 81.9 Å². The molecular weight excluding hydrogens is 521 g/mol. The zero-order valence-electron chi connectivity index (χ0n) is 18.0. The standard InChI is InChI=1S/C23H27N5O3.HI/c1-2-24-23(25-11-13-29-20-8-9-21-22(14-20)31-17-30-21)26-15-18-6-3-4-7-19(18)16-28-12-5-10-27-28;/h3-10,12,14H,2,11,13,15-17H2,1H3,(H2,24,25,26);1H. The third-order valence-corrected chi connectivity index (χ3v) is 4.77. The van der Waals surface area contributed by atoms with Crippen LogP contribution in [0.5, 0.6) is 17.2 Å². The minimum Gasteiger partial charge on any atom is -0.492 e. The van der Waals surface area contributed by atoms with Crippen LogP contribution in [0.25, 0.3) is 0 Å². The van der Waals surface area contributed by atoms with E-state index in [0.29, 0.717) is 25.4 Å². The highest BCUT2D eigenvalue weighted by Gasteiger charge is 2.13. The van der Waals surface area contributed by atoms with Gasteiger partial charge in [-0.15, -0.1) is 24.0 Å². The van der Waals surface area contributed by atoms with E-state index in [2.05, 4.69) is 27.9 Å². The molecule has 4 rings (SSSR count). The third-order valence-electron chi connectivity index (χ3n) is 4.77. The van der Waals surface area contributed by atoms with Gasteiger partial charge in [-0.3, -0.25) is 4.68 Å². The second-order valence-corrected chi connectivity index (χ2v) is 6.96. The summed E-state index contributed by atoms with van der Waals surface area (Å²) < 4.78 is 18.4. The lowest BCUT2D eigenvalue weighted by molar-refractivity contribution is 0.173. The fourth-order valence-electron chi connectivity index (χ4n) is 3.25. The predicted octanol–water partition coefficient (Wildman–Crippen LogP) is 3.41. The van der Waals surface area contributed by atoms with E-state index in [1.165, 1.54) is 11.1 Å². The van der Waals surface area contributed by atoms with Crippen LogP contribution in [-0.2, 0) is 13.1 Å². The van der Waals surface area contributed by atoms with E-state index >= 15 is 0 Å². The van der Waals surface area contributed by atoms with Crippen molar-refractivity contribution in [2.45, 2.75) is 20.0 Å². The van der Waals surface area contributed by atoms with Gasteiger partial charge in [-0.2, -0.15) is 5.10 Å². The molecule has 9 heteroatoms. The van der Waals surface area contributed by atoms with Crippen LogP contribution in [0, 0.1) is 0 Å². The zero-order valence-corrected chi connectivity index (χ0v) is 20.3. The Labute approximate surface area is 205 Å². The molecule has 0 radical (unpaired) electrons. The van der Waals surface area contributed by atoms with Gasteiger partial charge in [0.1, 0.15) is 12.4 Å². The molecule has 8 nitrogen and oxygen atoms in total. The number of guanidine groups is 1. The number of fused-ring (bicyclic) bond motifs is 1. The molecule has 1 aliphatic heterocycles. The molecule has 0 saturated heterocycles. The van der Waals surface area contributed by atoms with E-state index in [1.54, 1.807) is 6.20 Å². The van der Waals surface area contributed by atoms with Crippen LogP contribution < -0.4 is 24.8 Å². The molecule has 0 fully saturated rings. The summed E-state index contributed by atoms with van der Waals surface area (Å²) in [6.45, 7) is 5.51. The second kappa shape index (κ2) is 12.2. The number of aliphatic imine (C=N–C) groups is 1. The van der Waals surface area contributed by atoms with Crippen molar-refractivity contribution >= 4 is 29.9 Å². The number of nitrogens with one attached hydrogen (secondary N) is 2. The van der Waals surface area contributed by atoms with Crippen molar-refractivity contribution in [1.82, 2.24) is 20.4 Å². The Balaban J connectivity index is 0.00000289. The summed E-state index contributed by atoms with van der Waals surface area (Å²) in [6.07, 6.45) is 3.76. The van der Waals surface area contributed by atoms with E-state index in [-0.39, 0.29) is 30.8 Å². The lowest BCUT2D eigenvalue weighted by atomic mass is 10.1. The van der Waals surface area contributed by atoms with Crippen molar-refractivity contribution in [2.75, 3.05) is 26.5 Å². The fourth-order valence-corrected chi connectivity index (χ4v) is 3.25. The number of hydrogen-bond acceptors (Lipinski definition) is 5. The molecule has 0 aliphatic carbocycles. The average Bonchev–Trinajstić information content (AvgIpc) is 3.47. The molecule has 2 aromatic carbocycles. The molecule has 2 heterocycles. The SMILES string of the molecule is CCNC(=NCc1ccccc1Cn1cccn1)NCCOc1ccc2c(c1)OCO2.I. The van der Waals surface area contributed by atoms with E-state index < -0.39 is 0 Å². The van der Waals surface area contributed by atoms with Crippen LogP contribution in [0.2, 0.25) is 0 Å². The Morgan fingerprint density at radius 2 is 1.94 bits per heavy atom. The van der Waals surface area contributed by atoms with Crippen LogP contribution >= 0.6 is 24.0 Å². The maximum absolute atomic E-state index is 5.81. The molecule has 0 bridgehead atoms. The lowest BCUT2D eigenvalue weighted by Crippen LogP contribution is -2.39. The van der Waals surface area contributed by atoms with Crippen LogP contribution in [0.4, 0.5) is 0 Å². The number of hydrogen-bond donors (Lipinski definition) is 2. The van der Waals surface area contributed by atoms with E-state index in [0.717, 1.165) is 30.5 Å². The van der Waals surface area contributed by atoms with Gasteiger partial charge >= 0.3 is 0 Å². The molecule has 0 spiro atoms. The minimum atomic E-state index is 0. The Morgan fingerprint density at radius 3 is 2.75 bits per heavy atom. The normalized spacial score (nSPS) is 12.2. The van der Waals surface area contributed by atoms with Gasteiger partial charge in [0.25, 0.3) is 0 Å². The Bertz CT molecular complexity index is 1010. The first-order chi connectivity index (χ1) is 15.3. The number of halogens is 1. The summed E-state index contributed by atoms with van der Waals surface area (Å²) in [5, 5.41) is 10.9. The zero-order chi connectivity index (χ0) is 21.3. The first-order valence-electron chi connectivity index (χ1n) is 10.4. The molecule has 2 N–H and O–H groups in total. The quantitative estimate of drug-likeness (QED) is 0.184. The van der Waals surface area contributed by atoms with Gasteiger partial charge in [-0.1, -0.05) is 24.3 Å². The minimum absolute atomic E-state index is 0. The average molecular weight is 549 g/mol. The van der Waals surface area contributed by atoms with E-state index in [9.17, 15) is 0 Å². The number of nitrogens with zero attached hydrogens (tertiary/aromatic N) is 3. The number of benzene rings is 2. The van der Waals surface area contributed by atoms with Gasteiger partial charge < -0.3 is 24.8 Å². The van der Waals surface area contributed by atoms with Crippen molar-refractivity contribution in [2.24, 2.45) is 4.99 Å². The van der Waals surface area contributed by atoms with Crippen molar-refractivity contribution < 1.29 is 14.2 Å². The molecule has 0 saturated carbocycles. The molecule has 3 aromatic rings.